The molecule has 0 spiro atoms. The summed E-state index contributed by atoms with van der Waals surface area (Å²) in [7, 11) is 0. The van der Waals surface area contributed by atoms with E-state index in [9.17, 15) is 9.59 Å². The van der Waals surface area contributed by atoms with Crippen molar-refractivity contribution >= 4 is 40.4 Å². The molecule has 1 saturated heterocycles. The van der Waals surface area contributed by atoms with Gasteiger partial charge < -0.3 is 15.0 Å². The summed E-state index contributed by atoms with van der Waals surface area (Å²) < 4.78 is 5.71. The largest absolute Gasteiger partial charge is 0.486 e. The molecule has 0 unspecified atom stereocenters. The van der Waals surface area contributed by atoms with Crippen LogP contribution in [0.15, 0.2) is 53.9 Å². The number of ether oxygens (including phenoxy) is 1. The van der Waals surface area contributed by atoms with Gasteiger partial charge in [-0.05, 0) is 55.7 Å². The monoisotopic (exact) mass is 469 g/mol. The Morgan fingerprint density at radius 3 is 2.59 bits per heavy atom. The first-order valence-electron chi connectivity index (χ1n) is 10.6. The molecule has 32 heavy (non-hydrogen) atoms. The minimum atomic E-state index is -0.209. The van der Waals surface area contributed by atoms with Crippen LogP contribution in [-0.2, 0) is 17.8 Å². The number of hydrogen-bond donors (Lipinski definition) is 1. The van der Waals surface area contributed by atoms with Gasteiger partial charge in [-0.25, -0.2) is 4.98 Å². The molecule has 2 heterocycles. The lowest BCUT2D eigenvalue weighted by Crippen LogP contribution is -2.36. The summed E-state index contributed by atoms with van der Waals surface area (Å²) in [5, 5.41) is 6.17. The van der Waals surface area contributed by atoms with Crippen molar-refractivity contribution < 1.29 is 14.3 Å². The number of amides is 2. The summed E-state index contributed by atoms with van der Waals surface area (Å²) in [6.45, 7) is 1.85. The molecule has 0 bridgehead atoms. The van der Waals surface area contributed by atoms with Crippen LogP contribution < -0.4 is 10.1 Å². The number of halogens is 1. The predicted octanol–water partition coefficient (Wildman–Crippen LogP) is 5.18. The Bertz CT molecular complexity index is 1080. The van der Waals surface area contributed by atoms with Crippen LogP contribution in [0, 0.1) is 0 Å². The molecule has 166 valence electrons. The maximum absolute atomic E-state index is 12.9. The van der Waals surface area contributed by atoms with Crippen LogP contribution in [0.5, 0.6) is 5.75 Å². The molecule has 8 heteroatoms. The van der Waals surface area contributed by atoms with E-state index in [0.29, 0.717) is 34.3 Å². The number of rotatable bonds is 7. The van der Waals surface area contributed by atoms with Crippen molar-refractivity contribution in [3.63, 3.8) is 0 Å². The highest BCUT2D eigenvalue weighted by Crippen LogP contribution is 2.21. The average Bonchev–Trinajstić information content (AvgIpc) is 3.26. The first kappa shape index (κ1) is 22.3. The van der Waals surface area contributed by atoms with Crippen LogP contribution in [0.3, 0.4) is 0 Å². The van der Waals surface area contributed by atoms with Crippen LogP contribution in [-0.4, -0.2) is 34.8 Å². The van der Waals surface area contributed by atoms with Gasteiger partial charge in [0.15, 0.2) is 0 Å². The minimum Gasteiger partial charge on any atom is -0.486 e. The van der Waals surface area contributed by atoms with E-state index in [4.69, 9.17) is 16.3 Å². The van der Waals surface area contributed by atoms with Gasteiger partial charge in [-0.15, -0.1) is 11.3 Å². The Morgan fingerprint density at radius 1 is 1.06 bits per heavy atom. The SMILES string of the molecule is O=C(Cc1csc(COc2ccc(Cl)cc2)n1)Nc1ccccc1C(=O)N1CCCCC1. The maximum atomic E-state index is 12.9. The summed E-state index contributed by atoms with van der Waals surface area (Å²) in [6.07, 6.45) is 3.33. The highest BCUT2D eigenvalue weighted by atomic mass is 35.5. The number of benzene rings is 2. The number of carbonyl (C=O) groups excluding carboxylic acids is 2. The van der Waals surface area contributed by atoms with Crippen molar-refractivity contribution in [2.24, 2.45) is 0 Å². The van der Waals surface area contributed by atoms with Crippen molar-refractivity contribution in [3.05, 3.63) is 75.2 Å². The summed E-state index contributed by atoms with van der Waals surface area (Å²) in [5.41, 5.74) is 1.73. The Balaban J connectivity index is 1.34. The van der Waals surface area contributed by atoms with E-state index in [1.165, 1.54) is 11.3 Å². The molecule has 1 N–H and O–H groups in total. The number of carbonyl (C=O) groups is 2. The van der Waals surface area contributed by atoms with Crippen molar-refractivity contribution in [3.8, 4) is 5.75 Å². The van der Waals surface area contributed by atoms with Gasteiger partial charge in [0.25, 0.3) is 5.91 Å². The number of thiazole rings is 1. The first-order chi connectivity index (χ1) is 15.6. The second kappa shape index (κ2) is 10.6. The van der Waals surface area contributed by atoms with E-state index in [-0.39, 0.29) is 18.2 Å². The van der Waals surface area contributed by atoms with Crippen molar-refractivity contribution in [2.45, 2.75) is 32.3 Å². The van der Waals surface area contributed by atoms with Crippen molar-refractivity contribution in [1.29, 1.82) is 0 Å². The Kier molecular flexibility index (Phi) is 7.39. The van der Waals surface area contributed by atoms with Gasteiger partial charge in [-0.3, -0.25) is 9.59 Å². The fourth-order valence-corrected chi connectivity index (χ4v) is 4.41. The van der Waals surface area contributed by atoms with Gasteiger partial charge >= 0.3 is 0 Å². The number of hydrogen-bond acceptors (Lipinski definition) is 5. The lowest BCUT2D eigenvalue weighted by atomic mass is 10.1. The molecule has 6 nitrogen and oxygen atoms in total. The zero-order valence-corrected chi connectivity index (χ0v) is 19.1. The molecule has 2 amide bonds. The Morgan fingerprint density at radius 2 is 1.81 bits per heavy atom. The third kappa shape index (κ3) is 5.87. The van der Waals surface area contributed by atoms with Crippen LogP contribution in [0.4, 0.5) is 5.69 Å². The molecule has 1 fully saturated rings. The highest BCUT2D eigenvalue weighted by molar-refractivity contribution is 7.09. The number of aromatic nitrogens is 1. The molecule has 0 saturated carbocycles. The molecule has 0 atom stereocenters. The third-order valence-corrected chi connectivity index (χ3v) is 6.31. The highest BCUT2D eigenvalue weighted by Gasteiger charge is 2.21. The molecule has 1 aliphatic rings. The van der Waals surface area contributed by atoms with E-state index in [1.807, 2.05) is 22.4 Å². The summed E-state index contributed by atoms with van der Waals surface area (Å²) in [6, 6.07) is 14.3. The maximum Gasteiger partial charge on any atom is 0.255 e. The minimum absolute atomic E-state index is 0.0316. The van der Waals surface area contributed by atoms with Gasteiger partial charge in [0.05, 0.1) is 23.4 Å². The quantitative estimate of drug-likeness (QED) is 0.517. The average molecular weight is 470 g/mol. The van der Waals surface area contributed by atoms with Gasteiger partial charge in [-0.1, -0.05) is 23.7 Å². The molecule has 1 aliphatic heterocycles. The molecule has 2 aromatic carbocycles. The number of para-hydroxylation sites is 1. The second-order valence-electron chi connectivity index (χ2n) is 7.60. The summed E-state index contributed by atoms with van der Waals surface area (Å²) >= 11 is 7.32. The van der Waals surface area contributed by atoms with E-state index in [1.54, 1.807) is 36.4 Å². The van der Waals surface area contributed by atoms with E-state index in [2.05, 4.69) is 10.3 Å². The summed E-state index contributed by atoms with van der Waals surface area (Å²) in [5.74, 6) is 0.467. The van der Waals surface area contributed by atoms with E-state index >= 15 is 0 Å². The molecule has 0 radical (unpaired) electrons. The van der Waals surface area contributed by atoms with Crippen molar-refractivity contribution in [2.75, 3.05) is 18.4 Å². The lowest BCUT2D eigenvalue weighted by molar-refractivity contribution is -0.115. The van der Waals surface area contributed by atoms with Crippen LogP contribution in [0.2, 0.25) is 5.02 Å². The van der Waals surface area contributed by atoms with Crippen molar-refractivity contribution in [1.82, 2.24) is 9.88 Å². The Labute approximate surface area is 196 Å². The second-order valence-corrected chi connectivity index (χ2v) is 8.98. The Hall–Kier alpha value is -2.90. The van der Waals surface area contributed by atoms with Crippen LogP contribution in [0.1, 0.15) is 40.3 Å². The number of anilines is 1. The smallest absolute Gasteiger partial charge is 0.255 e. The summed E-state index contributed by atoms with van der Waals surface area (Å²) in [4.78, 5) is 31.9. The molecule has 0 aliphatic carbocycles. The van der Waals surface area contributed by atoms with Gasteiger partial charge in [0.2, 0.25) is 5.91 Å². The lowest BCUT2D eigenvalue weighted by Gasteiger charge is -2.27. The fourth-order valence-electron chi connectivity index (χ4n) is 3.58. The molecular formula is C24H24ClN3O3S. The molecule has 3 aromatic rings. The van der Waals surface area contributed by atoms with E-state index in [0.717, 1.165) is 37.4 Å². The molecular weight excluding hydrogens is 446 g/mol. The third-order valence-electron chi connectivity index (χ3n) is 5.19. The zero-order valence-electron chi connectivity index (χ0n) is 17.6. The van der Waals surface area contributed by atoms with Crippen LogP contribution in [0.25, 0.3) is 0 Å². The normalized spacial score (nSPS) is 13.6. The number of nitrogens with zero attached hydrogens (tertiary/aromatic N) is 2. The van der Waals surface area contributed by atoms with E-state index < -0.39 is 0 Å². The number of piperidine rings is 1. The molecule has 4 rings (SSSR count). The standard InChI is InChI=1S/C24H24ClN3O3S/c25-17-8-10-19(11-9-17)31-15-23-26-18(16-32-23)14-22(29)27-21-7-3-2-6-20(21)24(30)28-12-4-1-5-13-28/h2-3,6-11,16H,1,4-5,12-15H2,(H,27,29). The van der Waals surface area contributed by atoms with Gasteiger partial charge in [0.1, 0.15) is 17.4 Å². The van der Waals surface area contributed by atoms with Gasteiger partial charge in [-0.2, -0.15) is 0 Å². The first-order valence-corrected chi connectivity index (χ1v) is 11.8. The number of likely N-dealkylation sites (tertiary alicyclic amines) is 1. The van der Waals surface area contributed by atoms with Gasteiger partial charge in [0, 0.05) is 23.5 Å². The predicted molar refractivity (Wildman–Crippen MR) is 126 cm³/mol. The number of nitrogens with one attached hydrogen (secondary N) is 1. The fraction of sp³-hybridized carbons (Fsp3) is 0.292. The molecule has 1 aromatic heterocycles. The van der Waals surface area contributed by atoms with Crippen LogP contribution >= 0.6 is 22.9 Å². The topological polar surface area (TPSA) is 71.5 Å². The zero-order chi connectivity index (χ0) is 22.3.